The van der Waals surface area contributed by atoms with E-state index in [1.54, 1.807) is 0 Å². The maximum atomic E-state index is 2.77. The molecule has 5 heterocycles. The van der Waals surface area contributed by atoms with Crippen LogP contribution in [0.4, 0.5) is 0 Å². The van der Waals surface area contributed by atoms with Gasteiger partial charge in [-0.3, -0.25) is 0 Å². The minimum absolute atomic E-state index is 0.00121. The van der Waals surface area contributed by atoms with E-state index >= 15 is 0 Å². The number of nitrogens with zero attached hydrogens (tertiary/aromatic N) is 2. The first-order valence-electron chi connectivity index (χ1n) is 23.8. The second-order valence-electron chi connectivity index (χ2n) is 20.8. The molecule has 9 aromatic carbocycles. The van der Waals surface area contributed by atoms with Crippen LogP contribution in [-0.4, -0.2) is 15.8 Å². The Hall–Kier alpha value is -7.36. The van der Waals surface area contributed by atoms with Crippen LogP contribution in [0.2, 0.25) is 0 Å². The van der Waals surface area contributed by atoms with Crippen LogP contribution in [0, 0.1) is 13.8 Å². The smallest absolute Gasteiger partial charge is 0.253 e. The van der Waals surface area contributed by atoms with Gasteiger partial charge in [0.25, 0.3) is 6.71 Å². The standard InChI is InChI=1S/C63H47BN2/c1-36-37(2)65-54-30-29-51-60-56(54)64(55-43-24-14-13-19-38(43)31-46(36)59(55)65)53-35-42(62(5,6)40-22-11-8-12-23-40)33-48-47-32-41(61(3,4)39-20-9-7-10-21-39)34-52(57(47)66(60)58(48)53)63(51)49-27-17-15-25-44(49)45-26-16-18-28-50(45)63/h7-35H,1-6H3. The van der Waals surface area contributed by atoms with E-state index in [-0.39, 0.29) is 17.5 Å². The Bertz CT molecular complexity index is 3960. The van der Waals surface area contributed by atoms with E-state index in [0.717, 1.165) is 0 Å². The third kappa shape index (κ3) is 4.11. The molecule has 0 unspecified atom stereocenters. The van der Waals surface area contributed by atoms with E-state index in [9.17, 15) is 0 Å². The Morgan fingerprint density at radius 1 is 0.424 bits per heavy atom. The van der Waals surface area contributed by atoms with Crippen molar-refractivity contribution in [2.24, 2.45) is 0 Å². The third-order valence-electron chi connectivity index (χ3n) is 17.3. The summed E-state index contributed by atoms with van der Waals surface area (Å²) in [6.07, 6.45) is 0. The summed E-state index contributed by atoms with van der Waals surface area (Å²) in [6.45, 7) is 14.4. The van der Waals surface area contributed by atoms with Gasteiger partial charge in [0, 0.05) is 55.1 Å². The van der Waals surface area contributed by atoms with Crippen molar-refractivity contribution in [1.29, 1.82) is 0 Å². The second kappa shape index (κ2) is 12.1. The van der Waals surface area contributed by atoms with Gasteiger partial charge in [-0.2, -0.15) is 0 Å². The van der Waals surface area contributed by atoms with Gasteiger partial charge in [0.2, 0.25) is 0 Å². The van der Waals surface area contributed by atoms with E-state index in [2.05, 4.69) is 227 Å². The molecule has 312 valence electrons. The van der Waals surface area contributed by atoms with Gasteiger partial charge in [-0.05, 0) is 126 Å². The van der Waals surface area contributed by atoms with E-state index in [1.807, 2.05) is 0 Å². The van der Waals surface area contributed by atoms with E-state index in [1.165, 1.54) is 138 Å². The van der Waals surface area contributed by atoms with Gasteiger partial charge in [0.15, 0.2) is 0 Å². The highest BCUT2D eigenvalue weighted by atomic mass is 15.1. The largest absolute Gasteiger partial charge is 0.315 e. The van der Waals surface area contributed by atoms with Gasteiger partial charge in [0.05, 0.1) is 10.9 Å². The number of rotatable bonds is 4. The molecule has 0 saturated carbocycles. The normalized spacial score (nSPS) is 14.6. The van der Waals surface area contributed by atoms with Crippen LogP contribution in [0.5, 0.6) is 0 Å². The van der Waals surface area contributed by atoms with E-state index in [4.69, 9.17) is 0 Å². The van der Waals surface area contributed by atoms with Crippen molar-refractivity contribution in [2.75, 3.05) is 0 Å². The zero-order chi connectivity index (χ0) is 44.2. The first-order chi connectivity index (χ1) is 32.1. The van der Waals surface area contributed by atoms with Crippen LogP contribution in [0.1, 0.15) is 83.5 Å². The number of hydrogen-bond donors (Lipinski definition) is 0. The van der Waals surface area contributed by atoms with Crippen molar-refractivity contribution in [1.82, 2.24) is 9.13 Å². The minimum Gasteiger partial charge on any atom is -0.315 e. The molecule has 0 radical (unpaired) electrons. The zero-order valence-electron chi connectivity index (χ0n) is 38.2. The highest BCUT2D eigenvalue weighted by Gasteiger charge is 2.55. The topological polar surface area (TPSA) is 9.86 Å². The lowest BCUT2D eigenvalue weighted by Gasteiger charge is -2.44. The Balaban J connectivity index is 1.22. The molecule has 1 aliphatic carbocycles. The summed E-state index contributed by atoms with van der Waals surface area (Å²) in [5.74, 6) is 0. The van der Waals surface area contributed by atoms with Crippen LogP contribution >= 0.6 is 0 Å². The molecule has 0 fully saturated rings. The molecule has 2 aromatic heterocycles. The van der Waals surface area contributed by atoms with Crippen LogP contribution in [-0.2, 0) is 16.2 Å². The molecule has 1 spiro atoms. The quantitative estimate of drug-likeness (QED) is 0.156. The fourth-order valence-electron chi connectivity index (χ4n) is 13.8. The van der Waals surface area contributed by atoms with Gasteiger partial charge in [0.1, 0.15) is 0 Å². The second-order valence-corrected chi connectivity index (χ2v) is 20.8. The van der Waals surface area contributed by atoms with Crippen LogP contribution in [0.25, 0.3) is 66.0 Å². The Morgan fingerprint density at radius 2 is 1.00 bits per heavy atom. The number of hydrogen-bond acceptors (Lipinski definition) is 0. The molecule has 0 saturated heterocycles. The maximum Gasteiger partial charge on any atom is 0.253 e. The molecule has 3 heteroatoms. The molecule has 11 aromatic rings. The van der Waals surface area contributed by atoms with Crippen molar-refractivity contribution in [3.8, 4) is 22.5 Å². The van der Waals surface area contributed by atoms with Crippen molar-refractivity contribution in [3.63, 3.8) is 0 Å². The van der Waals surface area contributed by atoms with Gasteiger partial charge in [-0.1, -0.05) is 179 Å². The Morgan fingerprint density at radius 3 is 1.67 bits per heavy atom. The fourth-order valence-corrected chi connectivity index (χ4v) is 13.8. The molecule has 66 heavy (non-hydrogen) atoms. The molecular formula is C63H47BN2. The van der Waals surface area contributed by atoms with Gasteiger partial charge in [-0.25, -0.2) is 0 Å². The summed E-state index contributed by atoms with van der Waals surface area (Å²) in [4.78, 5) is 0. The summed E-state index contributed by atoms with van der Waals surface area (Å²) in [5, 5.41) is 6.69. The number of aromatic nitrogens is 2. The number of benzene rings is 9. The van der Waals surface area contributed by atoms with Crippen molar-refractivity contribution in [3.05, 3.63) is 232 Å². The highest BCUT2D eigenvalue weighted by Crippen LogP contribution is 2.62. The zero-order valence-corrected chi connectivity index (χ0v) is 38.2. The van der Waals surface area contributed by atoms with E-state index < -0.39 is 5.41 Å². The maximum absolute atomic E-state index is 2.77. The lowest BCUT2D eigenvalue weighted by atomic mass is 9.33. The van der Waals surface area contributed by atoms with Crippen LogP contribution in [0.15, 0.2) is 176 Å². The molecule has 3 aliphatic heterocycles. The minimum atomic E-state index is -0.562. The summed E-state index contributed by atoms with van der Waals surface area (Å²) in [5.41, 5.74) is 26.1. The predicted molar refractivity (Wildman–Crippen MR) is 277 cm³/mol. The van der Waals surface area contributed by atoms with Gasteiger partial charge in [-0.15, -0.1) is 0 Å². The molecule has 0 N–H and O–H groups in total. The van der Waals surface area contributed by atoms with Crippen molar-refractivity contribution >= 4 is 66.6 Å². The lowest BCUT2D eigenvalue weighted by molar-refractivity contribution is 0.637. The molecule has 4 aliphatic rings. The highest BCUT2D eigenvalue weighted by molar-refractivity contribution is 7.01. The summed E-state index contributed by atoms with van der Waals surface area (Å²) < 4.78 is 5.41. The van der Waals surface area contributed by atoms with Crippen LogP contribution in [0.3, 0.4) is 0 Å². The SMILES string of the molecule is Cc1c(C)n2c3c(c4ccccc4cc13)B1c3c-2ccc2c3-n3c4c1cc(C(C)(C)c1ccccc1)cc4c1cc(C(C)(C)c4ccccc4)cc(c13)C21c2ccccc2-c2ccccc21. The Kier molecular flexibility index (Phi) is 6.77. The molecule has 0 atom stereocenters. The summed E-state index contributed by atoms with van der Waals surface area (Å²) in [7, 11) is 0. The summed E-state index contributed by atoms with van der Waals surface area (Å²) >= 11 is 0. The first kappa shape index (κ1) is 36.9. The predicted octanol–water partition coefficient (Wildman–Crippen LogP) is 13.0. The first-order valence-corrected chi connectivity index (χ1v) is 23.8. The van der Waals surface area contributed by atoms with Crippen molar-refractivity contribution < 1.29 is 0 Å². The van der Waals surface area contributed by atoms with Crippen molar-refractivity contribution in [2.45, 2.75) is 57.8 Å². The van der Waals surface area contributed by atoms with E-state index in [0.29, 0.717) is 0 Å². The molecule has 15 rings (SSSR count). The third-order valence-corrected chi connectivity index (χ3v) is 17.3. The lowest BCUT2D eigenvalue weighted by Crippen LogP contribution is -2.61. The number of fused-ring (bicyclic) bond motifs is 13. The van der Waals surface area contributed by atoms with Gasteiger partial charge < -0.3 is 9.13 Å². The molecule has 0 amide bonds. The van der Waals surface area contributed by atoms with Crippen LogP contribution < -0.4 is 16.4 Å². The number of aryl methyl sites for hydroxylation is 1. The molecular weight excluding hydrogens is 796 g/mol. The Labute approximate surface area is 385 Å². The van der Waals surface area contributed by atoms with Gasteiger partial charge >= 0.3 is 0 Å². The average molecular weight is 843 g/mol. The monoisotopic (exact) mass is 842 g/mol. The molecule has 2 nitrogen and oxygen atoms in total. The molecule has 0 bridgehead atoms. The average Bonchev–Trinajstić information content (AvgIpc) is 3.94. The summed E-state index contributed by atoms with van der Waals surface area (Å²) in [6, 6.07) is 68.2. The fraction of sp³-hybridized carbons (Fsp3) is 0.143.